The highest BCUT2D eigenvalue weighted by molar-refractivity contribution is 5.85. The van der Waals surface area contributed by atoms with Crippen LogP contribution in [0.2, 0.25) is 0 Å². The Balaban J connectivity index is 0.00000242. The van der Waals surface area contributed by atoms with E-state index in [2.05, 4.69) is 10.2 Å². The van der Waals surface area contributed by atoms with Gasteiger partial charge in [-0.1, -0.05) is 0 Å². The molecule has 2 rings (SSSR count). The van der Waals surface area contributed by atoms with Crippen LogP contribution in [-0.2, 0) is 0 Å². The number of halogens is 1. The van der Waals surface area contributed by atoms with E-state index in [9.17, 15) is 10.2 Å². The number of aromatic hydroxyl groups is 1. The second-order valence-corrected chi connectivity index (χ2v) is 5.08. The minimum absolute atomic E-state index is 0. The van der Waals surface area contributed by atoms with Crippen LogP contribution in [0.1, 0.15) is 18.0 Å². The lowest BCUT2D eigenvalue weighted by molar-refractivity contribution is 0.136. The number of aliphatic hydroxyl groups is 1. The highest BCUT2D eigenvalue weighted by atomic mass is 35.5. The number of aliphatic hydroxyl groups excluding tert-OH is 1. The number of hydrogen-bond donors (Lipinski definition) is 3. The first-order chi connectivity index (χ1) is 10.2. The lowest BCUT2D eigenvalue weighted by atomic mass is 9.98. The van der Waals surface area contributed by atoms with Crippen molar-refractivity contribution >= 4 is 12.4 Å². The third-order valence-corrected chi connectivity index (χ3v) is 3.88. The Kier molecular flexibility index (Phi) is 7.75. The molecule has 6 nitrogen and oxygen atoms in total. The molecule has 0 amide bonds. The molecule has 1 fully saturated rings. The lowest BCUT2D eigenvalue weighted by Gasteiger charge is -2.35. The summed E-state index contributed by atoms with van der Waals surface area (Å²) >= 11 is 0. The fourth-order valence-corrected chi connectivity index (χ4v) is 2.83. The van der Waals surface area contributed by atoms with Crippen molar-refractivity contribution < 1.29 is 19.7 Å². The minimum atomic E-state index is -0.0713. The first-order valence-corrected chi connectivity index (χ1v) is 7.21. The second kappa shape index (κ2) is 9.05. The summed E-state index contributed by atoms with van der Waals surface area (Å²) in [6, 6.07) is 3.28. The summed E-state index contributed by atoms with van der Waals surface area (Å²) in [5.41, 5.74) is 0.717. The van der Waals surface area contributed by atoms with Crippen LogP contribution in [0.25, 0.3) is 0 Å². The Bertz CT molecular complexity index is 467. The molecule has 0 unspecified atom stereocenters. The Morgan fingerprint density at radius 1 is 1.23 bits per heavy atom. The molecule has 1 aromatic carbocycles. The number of benzene rings is 1. The average molecular weight is 333 g/mol. The van der Waals surface area contributed by atoms with E-state index in [1.807, 2.05) is 0 Å². The van der Waals surface area contributed by atoms with Gasteiger partial charge in [0.05, 0.1) is 19.8 Å². The SMILES string of the molecule is COc1cc(O)c([C@@H](CCO)N2CCNCC2)c(OC)c1.Cl. The van der Waals surface area contributed by atoms with Crippen molar-refractivity contribution in [2.75, 3.05) is 47.0 Å². The van der Waals surface area contributed by atoms with Crippen LogP contribution in [0.4, 0.5) is 0 Å². The summed E-state index contributed by atoms with van der Waals surface area (Å²) in [5, 5.41) is 23.1. The van der Waals surface area contributed by atoms with Gasteiger partial charge in [0.1, 0.15) is 17.2 Å². The molecule has 0 bridgehead atoms. The molecule has 0 radical (unpaired) electrons. The Morgan fingerprint density at radius 2 is 1.91 bits per heavy atom. The maximum absolute atomic E-state index is 10.4. The molecular formula is C15H25ClN2O4. The van der Waals surface area contributed by atoms with Gasteiger partial charge in [-0.25, -0.2) is 0 Å². The summed E-state index contributed by atoms with van der Waals surface area (Å²) in [6.45, 7) is 3.62. The van der Waals surface area contributed by atoms with Crippen LogP contribution in [0.3, 0.4) is 0 Å². The molecule has 1 saturated heterocycles. The fourth-order valence-electron chi connectivity index (χ4n) is 2.83. The molecule has 0 aromatic heterocycles. The standard InChI is InChI=1S/C15H24N2O4.ClH/c1-20-11-9-13(19)15(14(10-11)21-2)12(3-8-18)17-6-4-16-5-7-17;/h9-10,12,16,18-19H,3-8H2,1-2H3;1H/t12-;/m1./s1. The summed E-state index contributed by atoms with van der Waals surface area (Å²) < 4.78 is 10.6. The zero-order chi connectivity index (χ0) is 15.2. The molecule has 0 saturated carbocycles. The van der Waals surface area contributed by atoms with Crippen LogP contribution >= 0.6 is 12.4 Å². The van der Waals surface area contributed by atoms with E-state index >= 15 is 0 Å². The number of nitrogens with zero attached hydrogens (tertiary/aromatic N) is 1. The molecular weight excluding hydrogens is 308 g/mol. The number of nitrogens with one attached hydrogen (secondary N) is 1. The predicted octanol–water partition coefficient (Wildman–Crippen LogP) is 1.16. The number of methoxy groups -OCH3 is 2. The van der Waals surface area contributed by atoms with Crippen molar-refractivity contribution in [2.45, 2.75) is 12.5 Å². The number of phenols is 1. The van der Waals surface area contributed by atoms with Gasteiger partial charge in [0, 0.05) is 51.0 Å². The van der Waals surface area contributed by atoms with Gasteiger partial charge in [-0.3, -0.25) is 4.90 Å². The van der Waals surface area contributed by atoms with E-state index in [1.165, 1.54) is 0 Å². The number of hydrogen-bond acceptors (Lipinski definition) is 6. The summed E-state index contributed by atoms with van der Waals surface area (Å²) in [4.78, 5) is 2.26. The average Bonchev–Trinajstić information content (AvgIpc) is 2.53. The Morgan fingerprint density at radius 3 is 2.45 bits per heavy atom. The van der Waals surface area contributed by atoms with Crippen LogP contribution in [0.15, 0.2) is 12.1 Å². The quantitative estimate of drug-likeness (QED) is 0.726. The molecule has 126 valence electrons. The molecule has 1 aromatic rings. The normalized spacial score (nSPS) is 16.7. The summed E-state index contributed by atoms with van der Waals surface area (Å²) in [6.07, 6.45) is 0.552. The van der Waals surface area contributed by atoms with Gasteiger partial charge in [-0.15, -0.1) is 12.4 Å². The summed E-state index contributed by atoms with van der Waals surface area (Å²) in [7, 11) is 3.13. The molecule has 0 spiro atoms. The first-order valence-electron chi connectivity index (χ1n) is 7.21. The van der Waals surface area contributed by atoms with E-state index in [0.717, 1.165) is 26.2 Å². The summed E-state index contributed by atoms with van der Waals surface area (Å²) in [5.74, 6) is 1.28. The maximum atomic E-state index is 10.4. The Labute approximate surface area is 137 Å². The largest absolute Gasteiger partial charge is 0.507 e. The molecule has 0 aliphatic carbocycles. The third kappa shape index (κ3) is 4.16. The second-order valence-electron chi connectivity index (χ2n) is 5.08. The molecule has 1 aliphatic heterocycles. The van der Waals surface area contributed by atoms with Gasteiger partial charge >= 0.3 is 0 Å². The van der Waals surface area contributed by atoms with Gasteiger partial charge in [0.15, 0.2) is 0 Å². The zero-order valence-electron chi connectivity index (χ0n) is 13.0. The smallest absolute Gasteiger partial charge is 0.131 e. The number of piperazine rings is 1. The van der Waals surface area contributed by atoms with Crippen LogP contribution in [-0.4, -0.2) is 62.1 Å². The van der Waals surface area contributed by atoms with Crippen molar-refractivity contribution in [2.24, 2.45) is 0 Å². The van der Waals surface area contributed by atoms with Crippen LogP contribution in [0.5, 0.6) is 17.2 Å². The van der Waals surface area contributed by atoms with E-state index < -0.39 is 0 Å². The van der Waals surface area contributed by atoms with Gasteiger partial charge < -0.3 is 25.0 Å². The fraction of sp³-hybridized carbons (Fsp3) is 0.600. The van der Waals surface area contributed by atoms with E-state index in [4.69, 9.17) is 9.47 Å². The molecule has 1 heterocycles. The van der Waals surface area contributed by atoms with Crippen molar-refractivity contribution in [1.29, 1.82) is 0 Å². The van der Waals surface area contributed by atoms with Gasteiger partial charge in [0.2, 0.25) is 0 Å². The molecule has 1 atom stereocenters. The highest BCUT2D eigenvalue weighted by Crippen LogP contribution is 2.41. The van der Waals surface area contributed by atoms with Gasteiger partial charge in [-0.2, -0.15) is 0 Å². The molecule has 7 heteroatoms. The molecule has 22 heavy (non-hydrogen) atoms. The predicted molar refractivity (Wildman–Crippen MR) is 87.3 cm³/mol. The van der Waals surface area contributed by atoms with Crippen molar-refractivity contribution in [3.63, 3.8) is 0 Å². The lowest BCUT2D eigenvalue weighted by Crippen LogP contribution is -2.45. The number of ether oxygens (including phenoxy) is 2. The zero-order valence-corrected chi connectivity index (χ0v) is 13.9. The third-order valence-electron chi connectivity index (χ3n) is 3.88. The van der Waals surface area contributed by atoms with Crippen LogP contribution < -0.4 is 14.8 Å². The highest BCUT2D eigenvalue weighted by Gasteiger charge is 2.27. The molecule has 3 N–H and O–H groups in total. The Hall–Kier alpha value is -1.21. The van der Waals surface area contributed by atoms with Crippen molar-refractivity contribution in [1.82, 2.24) is 10.2 Å². The minimum Gasteiger partial charge on any atom is -0.507 e. The van der Waals surface area contributed by atoms with Crippen LogP contribution in [0, 0.1) is 0 Å². The van der Waals surface area contributed by atoms with E-state index in [-0.39, 0.29) is 30.8 Å². The first kappa shape index (κ1) is 18.8. The van der Waals surface area contributed by atoms with Gasteiger partial charge in [0.25, 0.3) is 0 Å². The topological polar surface area (TPSA) is 74.2 Å². The van der Waals surface area contributed by atoms with Crippen molar-refractivity contribution in [3.05, 3.63) is 17.7 Å². The number of phenolic OH excluding ortho intramolecular Hbond substituents is 1. The monoisotopic (exact) mass is 332 g/mol. The number of rotatable bonds is 6. The molecule has 1 aliphatic rings. The van der Waals surface area contributed by atoms with Crippen molar-refractivity contribution in [3.8, 4) is 17.2 Å². The van der Waals surface area contributed by atoms with E-state index in [0.29, 0.717) is 23.5 Å². The van der Waals surface area contributed by atoms with Gasteiger partial charge in [-0.05, 0) is 6.42 Å². The van der Waals surface area contributed by atoms with E-state index in [1.54, 1.807) is 26.4 Å². The maximum Gasteiger partial charge on any atom is 0.131 e.